The van der Waals surface area contributed by atoms with Crippen molar-refractivity contribution in [2.75, 3.05) is 19.7 Å². The van der Waals surface area contributed by atoms with Crippen molar-refractivity contribution in [3.8, 4) is 0 Å². The zero-order chi connectivity index (χ0) is 12.7. The third-order valence-electron chi connectivity index (χ3n) is 3.09. The molecule has 0 bridgehead atoms. The van der Waals surface area contributed by atoms with E-state index in [1.54, 1.807) is 6.92 Å². The Hall–Kier alpha value is -0.870. The highest BCUT2D eigenvalue weighted by Gasteiger charge is 2.19. The van der Waals surface area contributed by atoms with E-state index >= 15 is 0 Å². The standard InChI is InChI=1S/C13H23NO3/c1-3-17-13(16)10(2)8-14-9-11-5-4-6-12(15)7-11/h11-12,14-15H,2-9H2,1H3. The molecule has 98 valence electrons. The average Bonchev–Trinajstić information content (AvgIpc) is 2.29. The van der Waals surface area contributed by atoms with Crippen LogP contribution in [0.25, 0.3) is 0 Å². The average molecular weight is 241 g/mol. The van der Waals surface area contributed by atoms with Crippen molar-refractivity contribution < 1.29 is 14.6 Å². The molecule has 2 unspecified atom stereocenters. The Labute approximate surface area is 103 Å². The summed E-state index contributed by atoms with van der Waals surface area (Å²) in [4.78, 5) is 11.3. The summed E-state index contributed by atoms with van der Waals surface area (Å²) >= 11 is 0. The van der Waals surface area contributed by atoms with Crippen LogP contribution in [0.5, 0.6) is 0 Å². The Morgan fingerprint density at radius 3 is 2.94 bits per heavy atom. The third-order valence-corrected chi connectivity index (χ3v) is 3.09. The van der Waals surface area contributed by atoms with E-state index < -0.39 is 0 Å². The van der Waals surface area contributed by atoms with Crippen molar-refractivity contribution in [1.29, 1.82) is 0 Å². The highest BCUT2D eigenvalue weighted by Crippen LogP contribution is 2.23. The van der Waals surface area contributed by atoms with Gasteiger partial charge in [-0.15, -0.1) is 0 Å². The van der Waals surface area contributed by atoms with Crippen LogP contribution in [0, 0.1) is 5.92 Å². The molecule has 0 aliphatic heterocycles. The van der Waals surface area contributed by atoms with E-state index in [0.29, 0.717) is 24.6 Å². The molecule has 2 N–H and O–H groups in total. The van der Waals surface area contributed by atoms with Crippen LogP contribution in [0.4, 0.5) is 0 Å². The Kier molecular flexibility index (Phi) is 6.22. The summed E-state index contributed by atoms with van der Waals surface area (Å²) < 4.78 is 4.84. The largest absolute Gasteiger partial charge is 0.463 e. The van der Waals surface area contributed by atoms with Crippen LogP contribution < -0.4 is 5.32 Å². The molecule has 4 heteroatoms. The van der Waals surface area contributed by atoms with Crippen LogP contribution >= 0.6 is 0 Å². The Balaban J connectivity index is 2.14. The maximum Gasteiger partial charge on any atom is 0.334 e. The molecule has 0 aromatic carbocycles. The first-order chi connectivity index (χ1) is 8.13. The van der Waals surface area contributed by atoms with Gasteiger partial charge in [0.1, 0.15) is 0 Å². The molecule has 0 heterocycles. The Bertz CT molecular complexity index is 265. The number of carbonyl (C=O) groups is 1. The van der Waals surface area contributed by atoms with Gasteiger partial charge in [0.2, 0.25) is 0 Å². The van der Waals surface area contributed by atoms with Crippen molar-refractivity contribution >= 4 is 5.97 Å². The van der Waals surface area contributed by atoms with Crippen LogP contribution in [0.2, 0.25) is 0 Å². The topological polar surface area (TPSA) is 58.6 Å². The number of esters is 1. The van der Waals surface area contributed by atoms with Crippen LogP contribution in [0.15, 0.2) is 12.2 Å². The quantitative estimate of drug-likeness (QED) is 0.543. The van der Waals surface area contributed by atoms with Crippen LogP contribution in [-0.2, 0) is 9.53 Å². The minimum atomic E-state index is -0.330. The molecule has 0 radical (unpaired) electrons. The van der Waals surface area contributed by atoms with Crippen molar-refractivity contribution in [3.05, 3.63) is 12.2 Å². The highest BCUT2D eigenvalue weighted by molar-refractivity contribution is 5.88. The van der Waals surface area contributed by atoms with Gasteiger partial charge in [0.15, 0.2) is 0 Å². The molecular formula is C13H23NO3. The monoisotopic (exact) mass is 241 g/mol. The highest BCUT2D eigenvalue weighted by atomic mass is 16.5. The zero-order valence-corrected chi connectivity index (χ0v) is 10.6. The molecular weight excluding hydrogens is 218 g/mol. The summed E-state index contributed by atoms with van der Waals surface area (Å²) in [5.74, 6) is 0.178. The predicted octanol–water partition coefficient (Wildman–Crippen LogP) is 1.25. The number of aliphatic hydroxyl groups is 1. The molecule has 0 saturated heterocycles. The lowest BCUT2D eigenvalue weighted by Crippen LogP contribution is -2.31. The Morgan fingerprint density at radius 1 is 1.53 bits per heavy atom. The van der Waals surface area contributed by atoms with Gasteiger partial charge in [0.05, 0.1) is 12.7 Å². The SMILES string of the molecule is C=C(CNCC1CCCC(O)C1)C(=O)OCC. The molecule has 1 fully saturated rings. The van der Waals surface area contributed by atoms with Crippen molar-refractivity contribution in [3.63, 3.8) is 0 Å². The van der Waals surface area contributed by atoms with Gasteiger partial charge in [0.25, 0.3) is 0 Å². The second-order valence-corrected chi connectivity index (χ2v) is 4.64. The first-order valence-electron chi connectivity index (χ1n) is 6.37. The second kappa shape index (κ2) is 7.45. The first kappa shape index (κ1) is 14.2. The van der Waals surface area contributed by atoms with E-state index in [0.717, 1.165) is 32.2 Å². The second-order valence-electron chi connectivity index (χ2n) is 4.64. The summed E-state index contributed by atoms with van der Waals surface area (Å²) in [5.41, 5.74) is 0.461. The van der Waals surface area contributed by atoms with Crippen molar-refractivity contribution in [2.24, 2.45) is 5.92 Å². The van der Waals surface area contributed by atoms with E-state index in [9.17, 15) is 9.90 Å². The maximum absolute atomic E-state index is 11.3. The fourth-order valence-corrected chi connectivity index (χ4v) is 2.18. The van der Waals surface area contributed by atoms with Gasteiger partial charge in [-0.3, -0.25) is 0 Å². The van der Waals surface area contributed by atoms with Gasteiger partial charge in [-0.05, 0) is 38.6 Å². The van der Waals surface area contributed by atoms with E-state index in [2.05, 4.69) is 11.9 Å². The molecule has 1 aliphatic rings. The summed E-state index contributed by atoms with van der Waals surface area (Å²) in [6.07, 6.45) is 3.87. The Morgan fingerprint density at radius 2 is 2.29 bits per heavy atom. The van der Waals surface area contributed by atoms with Gasteiger partial charge in [-0.2, -0.15) is 0 Å². The third kappa shape index (κ3) is 5.33. The molecule has 1 saturated carbocycles. The number of hydrogen-bond donors (Lipinski definition) is 2. The van der Waals surface area contributed by atoms with Gasteiger partial charge in [0, 0.05) is 12.1 Å². The van der Waals surface area contributed by atoms with Crippen LogP contribution in [-0.4, -0.2) is 36.9 Å². The molecule has 1 rings (SSSR count). The van der Waals surface area contributed by atoms with E-state index in [4.69, 9.17) is 4.74 Å². The fourth-order valence-electron chi connectivity index (χ4n) is 2.18. The molecule has 1 aliphatic carbocycles. The molecule has 0 amide bonds. The minimum absolute atomic E-state index is 0.149. The van der Waals surface area contributed by atoms with Gasteiger partial charge in [-0.25, -0.2) is 4.79 Å². The lowest BCUT2D eigenvalue weighted by Gasteiger charge is -2.26. The lowest BCUT2D eigenvalue weighted by molar-refractivity contribution is -0.138. The smallest absolute Gasteiger partial charge is 0.334 e. The summed E-state index contributed by atoms with van der Waals surface area (Å²) in [6.45, 7) is 7.14. The first-order valence-corrected chi connectivity index (χ1v) is 6.37. The number of ether oxygens (including phenoxy) is 1. The van der Waals surface area contributed by atoms with Gasteiger partial charge >= 0.3 is 5.97 Å². The summed E-state index contributed by atoms with van der Waals surface area (Å²) in [5, 5.41) is 12.7. The van der Waals surface area contributed by atoms with Gasteiger partial charge in [-0.1, -0.05) is 13.0 Å². The van der Waals surface area contributed by atoms with Crippen molar-refractivity contribution in [2.45, 2.75) is 38.7 Å². The van der Waals surface area contributed by atoms with Crippen LogP contribution in [0.1, 0.15) is 32.6 Å². The lowest BCUT2D eigenvalue weighted by atomic mass is 9.87. The summed E-state index contributed by atoms with van der Waals surface area (Å²) in [6, 6.07) is 0. The fraction of sp³-hybridized carbons (Fsp3) is 0.769. The maximum atomic E-state index is 11.3. The number of aliphatic hydroxyl groups excluding tert-OH is 1. The van der Waals surface area contributed by atoms with E-state index in [1.165, 1.54) is 0 Å². The number of nitrogens with one attached hydrogen (secondary N) is 1. The van der Waals surface area contributed by atoms with E-state index in [1.807, 2.05) is 0 Å². The molecule has 4 nitrogen and oxygen atoms in total. The van der Waals surface area contributed by atoms with Gasteiger partial charge < -0.3 is 15.2 Å². The van der Waals surface area contributed by atoms with Crippen molar-refractivity contribution in [1.82, 2.24) is 5.32 Å². The van der Waals surface area contributed by atoms with E-state index in [-0.39, 0.29) is 12.1 Å². The predicted molar refractivity (Wildman–Crippen MR) is 66.6 cm³/mol. The molecule has 2 atom stereocenters. The minimum Gasteiger partial charge on any atom is -0.463 e. The molecule has 0 aromatic heterocycles. The summed E-state index contributed by atoms with van der Waals surface area (Å²) in [7, 11) is 0. The number of rotatable bonds is 6. The number of carbonyl (C=O) groups excluding carboxylic acids is 1. The normalized spacial score (nSPS) is 24.4. The molecule has 0 spiro atoms. The zero-order valence-electron chi connectivity index (χ0n) is 10.6. The molecule has 0 aromatic rings. The number of hydrogen-bond acceptors (Lipinski definition) is 4. The van der Waals surface area contributed by atoms with Crippen LogP contribution in [0.3, 0.4) is 0 Å². The molecule has 17 heavy (non-hydrogen) atoms.